The molecule has 0 aliphatic heterocycles. The largest absolute Gasteiger partial charge is 0.511 e. The molecule has 0 aromatic rings. The summed E-state index contributed by atoms with van der Waals surface area (Å²) in [6.45, 7) is 3.91. The predicted octanol–water partition coefficient (Wildman–Crippen LogP) is 4.32. The number of unbranched alkanes of at least 4 members (excludes halogenated alkanes) is 4. The van der Waals surface area contributed by atoms with Gasteiger partial charge in [0.05, 0.1) is 6.26 Å². The summed E-state index contributed by atoms with van der Waals surface area (Å²) in [5.41, 5.74) is -2.76. The molecule has 2 aliphatic carbocycles. The molecular formula is C20H32O5. The molecule has 4 atom stereocenters. The first-order valence-corrected chi connectivity index (χ1v) is 9.55. The molecule has 25 heavy (non-hydrogen) atoms. The van der Waals surface area contributed by atoms with Crippen LogP contribution in [0.5, 0.6) is 0 Å². The maximum Gasteiger partial charge on any atom is 0.321 e. The summed E-state index contributed by atoms with van der Waals surface area (Å²) in [5.74, 6) is -1.43. The van der Waals surface area contributed by atoms with Crippen LogP contribution in [0.3, 0.4) is 0 Å². The monoisotopic (exact) mass is 352 g/mol. The number of hydrogen-bond donors (Lipinski definition) is 3. The number of aliphatic hydroxyl groups is 2. The first kappa shape index (κ1) is 19.8. The van der Waals surface area contributed by atoms with Crippen molar-refractivity contribution in [3.63, 3.8) is 0 Å². The van der Waals surface area contributed by atoms with Crippen molar-refractivity contribution < 1.29 is 24.9 Å². The van der Waals surface area contributed by atoms with Crippen molar-refractivity contribution in [3.05, 3.63) is 24.2 Å². The third-order valence-electron chi connectivity index (χ3n) is 5.89. The van der Waals surface area contributed by atoms with Gasteiger partial charge in [-0.15, -0.1) is 0 Å². The Kier molecular flexibility index (Phi) is 6.55. The fraction of sp³-hybridized carbons (Fsp3) is 0.750. The summed E-state index contributed by atoms with van der Waals surface area (Å²) in [5, 5.41) is 31.9. The molecule has 0 aromatic carbocycles. The van der Waals surface area contributed by atoms with E-state index in [9.17, 15) is 20.1 Å². The molecule has 0 unspecified atom stereocenters. The van der Waals surface area contributed by atoms with Gasteiger partial charge in [-0.05, 0) is 51.0 Å². The van der Waals surface area contributed by atoms with Gasteiger partial charge in [-0.1, -0.05) is 38.7 Å². The number of ether oxygens (including phenoxy) is 1. The molecule has 2 rings (SSSR count). The lowest BCUT2D eigenvalue weighted by Gasteiger charge is -2.36. The van der Waals surface area contributed by atoms with E-state index in [4.69, 9.17) is 4.74 Å². The Morgan fingerprint density at radius 3 is 2.68 bits per heavy atom. The number of fused-ring (bicyclic) bond motifs is 1. The van der Waals surface area contributed by atoms with E-state index >= 15 is 0 Å². The van der Waals surface area contributed by atoms with Crippen LogP contribution >= 0.6 is 0 Å². The van der Waals surface area contributed by atoms with Crippen molar-refractivity contribution in [2.24, 2.45) is 11.3 Å². The molecule has 5 nitrogen and oxygen atoms in total. The van der Waals surface area contributed by atoms with Crippen LogP contribution in [0.25, 0.3) is 0 Å². The summed E-state index contributed by atoms with van der Waals surface area (Å²) in [6, 6.07) is 0. The Labute approximate surface area is 150 Å². The Hall–Kier alpha value is -1.49. The SMILES string of the molecule is C/C=C/O[C@H]1[C@@](C(=O)O)(C(O)=CCCCCCC)C[C@@H]2CCC[C@]21O. The van der Waals surface area contributed by atoms with Gasteiger partial charge in [0.15, 0.2) is 5.41 Å². The zero-order valence-electron chi connectivity index (χ0n) is 15.4. The van der Waals surface area contributed by atoms with Gasteiger partial charge in [-0.25, -0.2) is 0 Å². The smallest absolute Gasteiger partial charge is 0.321 e. The average molecular weight is 352 g/mol. The summed E-state index contributed by atoms with van der Waals surface area (Å²) in [4.78, 5) is 12.2. The number of hydrogen-bond acceptors (Lipinski definition) is 4. The van der Waals surface area contributed by atoms with E-state index in [1.165, 1.54) is 6.26 Å². The number of aliphatic hydroxyl groups excluding tert-OH is 1. The highest BCUT2D eigenvalue weighted by atomic mass is 16.5. The lowest BCUT2D eigenvalue weighted by atomic mass is 9.78. The quantitative estimate of drug-likeness (QED) is 0.425. The minimum absolute atomic E-state index is 0.158. The fourth-order valence-corrected chi connectivity index (χ4v) is 4.56. The van der Waals surface area contributed by atoms with Crippen molar-refractivity contribution in [1.29, 1.82) is 0 Å². The molecule has 0 spiro atoms. The normalized spacial score (nSPS) is 35.2. The molecule has 0 aromatic heterocycles. The Balaban J connectivity index is 2.29. The highest BCUT2D eigenvalue weighted by Gasteiger charge is 2.69. The predicted molar refractivity (Wildman–Crippen MR) is 96.1 cm³/mol. The van der Waals surface area contributed by atoms with Crippen molar-refractivity contribution in [2.45, 2.75) is 83.3 Å². The van der Waals surface area contributed by atoms with E-state index in [0.717, 1.165) is 38.5 Å². The third-order valence-corrected chi connectivity index (χ3v) is 5.89. The maximum atomic E-state index is 12.2. The van der Waals surface area contributed by atoms with Gasteiger partial charge in [0, 0.05) is 0 Å². The zero-order chi connectivity index (χ0) is 18.5. The second kappa shape index (κ2) is 8.26. The summed E-state index contributed by atoms with van der Waals surface area (Å²) in [6.07, 6.45) is 11.0. The van der Waals surface area contributed by atoms with Crippen LogP contribution in [-0.2, 0) is 9.53 Å². The van der Waals surface area contributed by atoms with E-state index in [0.29, 0.717) is 12.8 Å². The van der Waals surface area contributed by atoms with Crippen molar-refractivity contribution in [3.8, 4) is 0 Å². The molecule has 0 radical (unpaired) electrons. The van der Waals surface area contributed by atoms with Crippen LogP contribution in [0.1, 0.15) is 71.6 Å². The molecule has 2 aliphatic rings. The number of carboxylic acids is 1. The highest BCUT2D eigenvalue weighted by Crippen LogP contribution is 2.59. The van der Waals surface area contributed by atoms with Gasteiger partial charge in [-0.3, -0.25) is 4.79 Å². The third kappa shape index (κ3) is 3.57. The van der Waals surface area contributed by atoms with Gasteiger partial charge in [0.25, 0.3) is 0 Å². The van der Waals surface area contributed by atoms with Crippen molar-refractivity contribution in [2.75, 3.05) is 0 Å². The topological polar surface area (TPSA) is 87.0 Å². The molecule has 3 N–H and O–H groups in total. The molecule has 0 heterocycles. The van der Waals surface area contributed by atoms with E-state index in [1.807, 2.05) is 0 Å². The number of carboxylic acid groups (broad SMARTS) is 1. The van der Waals surface area contributed by atoms with Gasteiger partial charge in [0.2, 0.25) is 0 Å². The molecule has 2 fully saturated rings. The maximum absolute atomic E-state index is 12.2. The van der Waals surface area contributed by atoms with Gasteiger partial charge in [-0.2, -0.15) is 0 Å². The number of rotatable bonds is 9. The van der Waals surface area contributed by atoms with Crippen molar-refractivity contribution in [1.82, 2.24) is 0 Å². The van der Waals surface area contributed by atoms with Crippen LogP contribution in [0.2, 0.25) is 0 Å². The number of allylic oxidation sites excluding steroid dienone is 2. The minimum Gasteiger partial charge on any atom is -0.511 e. The van der Waals surface area contributed by atoms with Crippen LogP contribution < -0.4 is 0 Å². The second-order valence-electron chi connectivity index (χ2n) is 7.49. The average Bonchev–Trinajstić information content (AvgIpc) is 3.04. The van der Waals surface area contributed by atoms with E-state index in [2.05, 4.69) is 6.92 Å². The molecular weight excluding hydrogens is 320 g/mol. The van der Waals surface area contributed by atoms with Gasteiger partial charge in [0.1, 0.15) is 17.5 Å². The van der Waals surface area contributed by atoms with Crippen LogP contribution in [0.15, 0.2) is 24.2 Å². The molecule has 0 amide bonds. The Bertz CT molecular complexity index is 526. The number of aliphatic carboxylic acids is 1. The van der Waals surface area contributed by atoms with E-state index in [1.54, 1.807) is 19.1 Å². The summed E-state index contributed by atoms with van der Waals surface area (Å²) < 4.78 is 5.70. The van der Waals surface area contributed by atoms with Crippen molar-refractivity contribution >= 4 is 5.97 Å². The molecule has 0 bridgehead atoms. The van der Waals surface area contributed by atoms with Gasteiger partial charge >= 0.3 is 5.97 Å². The molecule has 5 heteroatoms. The molecule has 142 valence electrons. The minimum atomic E-state index is -1.57. The first-order chi connectivity index (χ1) is 11.9. The van der Waals surface area contributed by atoms with Crippen LogP contribution in [0, 0.1) is 11.3 Å². The van der Waals surface area contributed by atoms with Crippen LogP contribution in [-0.4, -0.2) is 33.0 Å². The lowest BCUT2D eigenvalue weighted by Crippen LogP contribution is -2.51. The standard InChI is InChI=1S/C20H32O5/c1-3-5-6-7-8-11-16(21)19(18(22)23)14-15-10-9-12-20(15,24)17(19)25-13-4-2/h4,11,13,15,17,21,24H,3,5-10,12,14H2,1-2H3,(H,22,23)/b13-4+,16-11?/t15-,17-,19-,20-/m0/s1. The first-order valence-electron chi connectivity index (χ1n) is 9.55. The summed E-state index contributed by atoms with van der Waals surface area (Å²) in [7, 11) is 0. The summed E-state index contributed by atoms with van der Waals surface area (Å²) >= 11 is 0. The van der Waals surface area contributed by atoms with Gasteiger partial charge < -0.3 is 20.1 Å². The van der Waals surface area contributed by atoms with Crippen LogP contribution in [0.4, 0.5) is 0 Å². The Morgan fingerprint density at radius 1 is 1.28 bits per heavy atom. The Morgan fingerprint density at radius 2 is 2.04 bits per heavy atom. The number of carbonyl (C=O) groups is 1. The highest BCUT2D eigenvalue weighted by molar-refractivity contribution is 5.80. The second-order valence-corrected chi connectivity index (χ2v) is 7.49. The van der Waals surface area contributed by atoms with E-state index < -0.39 is 23.1 Å². The fourth-order valence-electron chi connectivity index (χ4n) is 4.56. The zero-order valence-corrected chi connectivity index (χ0v) is 15.4. The lowest BCUT2D eigenvalue weighted by molar-refractivity contribution is -0.162. The van der Waals surface area contributed by atoms with E-state index in [-0.39, 0.29) is 18.1 Å². The molecule has 2 saturated carbocycles. The molecule has 0 saturated heterocycles.